The molecular weight excluding hydrogens is 557 g/mol. The van der Waals surface area contributed by atoms with Gasteiger partial charge in [-0.2, -0.15) is 39.2 Å². The van der Waals surface area contributed by atoms with Crippen molar-refractivity contribution in [2.75, 3.05) is 6.61 Å². The van der Waals surface area contributed by atoms with Gasteiger partial charge in [0.2, 0.25) is 0 Å². The number of ether oxygens (including phenoxy) is 3. The van der Waals surface area contributed by atoms with E-state index in [-0.39, 0.29) is 37.0 Å². The summed E-state index contributed by atoms with van der Waals surface area (Å²) in [5.74, 6) is -12.7. The number of hydrogen-bond acceptors (Lipinski definition) is 7. The Bertz CT molecular complexity index is 1010. The summed E-state index contributed by atoms with van der Waals surface area (Å²) in [5, 5.41) is -5.85. The fraction of sp³-hybridized carbons (Fsp3) is 0.818. The van der Waals surface area contributed by atoms with Crippen molar-refractivity contribution in [3.8, 4) is 0 Å². The second-order valence-electron chi connectivity index (χ2n) is 10.3. The summed E-state index contributed by atoms with van der Waals surface area (Å²) < 4.78 is 140. The summed E-state index contributed by atoms with van der Waals surface area (Å²) in [6, 6.07) is 0. The Morgan fingerprint density at radius 3 is 1.87 bits per heavy atom. The zero-order chi connectivity index (χ0) is 28.8. The van der Waals surface area contributed by atoms with Crippen LogP contribution in [-0.4, -0.2) is 54.7 Å². The lowest BCUT2D eigenvalue weighted by Gasteiger charge is -2.55. The molecule has 0 aliphatic heterocycles. The molecule has 0 aromatic heterocycles. The van der Waals surface area contributed by atoms with Crippen molar-refractivity contribution in [3.05, 3.63) is 12.8 Å². The summed E-state index contributed by atoms with van der Waals surface area (Å²) >= 11 is 0. The first-order valence-corrected chi connectivity index (χ1v) is 13.2. The van der Waals surface area contributed by atoms with E-state index in [0.717, 1.165) is 19.3 Å². The average Bonchev–Trinajstić information content (AvgIpc) is 2.75. The van der Waals surface area contributed by atoms with Gasteiger partial charge in [-0.25, -0.2) is 4.79 Å². The molecule has 0 radical (unpaired) electrons. The first kappa shape index (κ1) is 30.6. The van der Waals surface area contributed by atoms with Gasteiger partial charge in [0.1, 0.15) is 0 Å². The van der Waals surface area contributed by atoms with Gasteiger partial charge in [-0.1, -0.05) is 6.58 Å². The molecule has 4 saturated carbocycles. The first-order valence-electron chi connectivity index (χ1n) is 11.8. The maximum Gasteiger partial charge on any atom is 0.468 e. The summed E-state index contributed by atoms with van der Waals surface area (Å²) in [5.41, 5.74) is -1.26. The molecule has 1 atom stereocenters. The number of esters is 2. The predicted octanol–water partition coefficient (Wildman–Crippen LogP) is 4.99. The highest BCUT2D eigenvalue weighted by Gasteiger charge is 2.70. The first-order chi connectivity index (χ1) is 17.3. The fourth-order valence-electron chi connectivity index (χ4n) is 6.14. The molecule has 218 valence electrons. The molecule has 0 heterocycles. The maximum absolute atomic E-state index is 14.2. The molecule has 4 fully saturated rings. The third kappa shape index (κ3) is 5.53. The summed E-state index contributed by atoms with van der Waals surface area (Å²) in [6.45, 7) is 1.78. The minimum Gasteiger partial charge on any atom is -0.430 e. The van der Waals surface area contributed by atoms with Crippen LogP contribution in [0.2, 0.25) is 0 Å². The average molecular weight is 585 g/mol. The van der Waals surface area contributed by atoms with Crippen LogP contribution in [0.4, 0.5) is 30.7 Å². The van der Waals surface area contributed by atoms with Crippen LogP contribution in [0.1, 0.15) is 57.8 Å². The molecule has 1 unspecified atom stereocenters. The lowest BCUT2D eigenvalue weighted by molar-refractivity contribution is -0.358. The Kier molecular flexibility index (Phi) is 8.24. The number of hydrogen-bond donors (Lipinski definition) is 1. The molecule has 0 saturated heterocycles. The second-order valence-corrected chi connectivity index (χ2v) is 11.7. The topological polar surface area (TPSA) is 116 Å². The van der Waals surface area contributed by atoms with Crippen LogP contribution in [0.5, 0.6) is 0 Å². The van der Waals surface area contributed by atoms with E-state index < -0.39 is 76.5 Å². The van der Waals surface area contributed by atoms with E-state index in [1.807, 2.05) is 0 Å². The summed E-state index contributed by atoms with van der Waals surface area (Å²) in [7, 11) is -6.49. The van der Waals surface area contributed by atoms with Crippen molar-refractivity contribution in [1.82, 2.24) is 0 Å². The number of rotatable bonds is 12. The lowest BCUT2D eigenvalue weighted by atomic mass is 9.49. The molecule has 4 bridgehead atoms. The molecule has 4 aliphatic rings. The zero-order valence-corrected chi connectivity index (χ0v) is 20.8. The second kappa shape index (κ2) is 10.2. The number of carbonyl (C=O) groups is 2. The van der Waals surface area contributed by atoms with E-state index in [2.05, 4.69) is 16.1 Å². The highest BCUT2D eigenvalue weighted by molar-refractivity contribution is 7.87. The van der Waals surface area contributed by atoms with Crippen LogP contribution >= 0.6 is 0 Å². The molecule has 0 amide bonds. The van der Waals surface area contributed by atoms with Crippen molar-refractivity contribution in [2.24, 2.45) is 23.2 Å². The van der Waals surface area contributed by atoms with Crippen LogP contribution in [-0.2, 0) is 33.9 Å². The third-order valence-corrected chi connectivity index (χ3v) is 8.43. The van der Waals surface area contributed by atoms with E-state index in [1.54, 1.807) is 0 Å². The van der Waals surface area contributed by atoms with Gasteiger partial charge in [0.25, 0.3) is 0 Å². The maximum atomic E-state index is 14.2. The number of unbranched alkanes of at least 4 members (excludes halogenated alkanes) is 1. The number of carbonyl (C=O) groups excluding carboxylic acids is 2. The highest BCUT2D eigenvalue weighted by Crippen LogP contribution is 2.61. The van der Waals surface area contributed by atoms with E-state index in [4.69, 9.17) is 9.29 Å². The highest BCUT2D eigenvalue weighted by atomic mass is 32.2. The molecule has 0 aromatic rings. The minimum atomic E-state index is -6.49. The smallest absolute Gasteiger partial charge is 0.430 e. The van der Waals surface area contributed by atoms with Gasteiger partial charge in [-0.15, -0.1) is 0 Å². The molecule has 0 aromatic carbocycles. The Morgan fingerprint density at radius 2 is 1.45 bits per heavy atom. The molecular formula is C22H27F7O8S. The van der Waals surface area contributed by atoms with Gasteiger partial charge in [-0.3, -0.25) is 9.35 Å². The molecule has 8 nitrogen and oxygen atoms in total. The third-order valence-electron chi connectivity index (χ3n) is 7.48. The Morgan fingerprint density at radius 1 is 0.947 bits per heavy atom. The van der Waals surface area contributed by atoms with Crippen molar-refractivity contribution in [2.45, 2.75) is 80.9 Å². The quantitative estimate of drug-likeness (QED) is 0.0852. The number of halogens is 7. The van der Waals surface area contributed by atoms with Crippen molar-refractivity contribution < 1.29 is 67.5 Å². The molecule has 4 rings (SSSR count). The fourth-order valence-corrected chi connectivity index (χ4v) is 6.62. The summed E-state index contributed by atoms with van der Waals surface area (Å²) in [6.07, 6.45) is -5.73. The monoisotopic (exact) mass is 584 g/mol. The van der Waals surface area contributed by atoms with E-state index >= 15 is 0 Å². The van der Waals surface area contributed by atoms with Crippen molar-refractivity contribution >= 4 is 22.1 Å². The number of alkyl halides is 7. The Balaban J connectivity index is 1.75. The normalized spacial score (nSPS) is 29.0. The zero-order valence-electron chi connectivity index (χ0n) is 19.9. The predicted molar refractivity (Wildman–Crippen MR) is 113 cm³/mol. The van der Waals surface area contributed by atoms with Gasteiger partial charge in [0, 0.05) is 6.42 Å². The van der Waals surface area contributed by atoms with Crippen molar-refractivity contribution in [1.29, 1.82) is 0 Å². The molecule has 1 N–H and O–H groups in total. The lowest BCUT2D eigenvalue weighted by Crippen LogP contribution is -2.61. The molecule has 38 heavy (non-hydrogen) atoms. The van der Waals surface area contributed by atoms with Gasteiger partial charge < -0.3 is 14.2 Å². The van der Waals surface area contributed by atoms with Crippen LogP contribution in [0, 0.1) is 23.2 Å². The van der Waals surface area contributed by atoms with Crippen molar-refractivity contribution in [3.63, 3.8) is 0 Å². The van der Waals surface area contributed by atoms with Gasteiger partial charge >= 0.3 is 45.2 Å². The van der Waals surface area contributed by atoms with Crippen LogP contribution in [0.15, 0.2) is 12.8 Å². The minimum absolute atomic E-state index is 0.123. The molecule has 0 spiro atoms. The largest absolute Gasteiger partial charge is 0.468 e. The Labute approximate surface area is 213 Å². The van der Waals surface area contributed by atoms with Crippen LogP contribution in [0.25, 0.3) is 0 Å². The SMILES string of the molecule is C=COC(=O)C(OCCCCC(F)(F)C(F)(F)S(=O)(=O)O)(OC(=O)C12CC3CC(CC(C3)C1)C2)C(F)(F)F. The standard InChI is InChI=1S/C22H27F7O8S/c1-2-35-17(31)20(21(25,26)27,36-6-4-3-5-19(23,24)22(28,29)38(32,33)34)37-16(30)18-10-13-7-14(11-18)9-15(8-13)12-18/h2,13-15H,1,3-12H2,(H,32,33,34). The van der Waals surface area contributed by atoms with Gasteiger partial charge in [-0.05, 0) is 69.1 Å². The van der Waals surface area contributed by atoms with Gasteiger partial charge in [0.15, 0.2) is 0 Å². The van der Waals surface area contributed by atoms with Gasteiger partial charge in [0.05, 0.1) is 18.3 Å². The Hall–Kier alpha value is -1.94. The van der Waals surface area contributed by atoms with E-state index in [9.17, 15) is 48.7 Å². The summed E-state index contributed by atoms with van der Waals surface area (Å²) in [4.78, 5) is 25.6. The van der Waals surface area contributed by atoms with Crippen LogP contribution in [0.3, 0.4) is 0 Å². The van der Waals surface area contributed by atoms with E-state index in [1.165, 1.54) is 0 Å². The van der Waals surface area contributed by atoms with E-state index in [0.29, 0.717) is 6.26 Å². The molecule has 4 aliphatic carbocycles. The van der Waals surface area contributed by atoms with Crippen LogP contribution < -0.4 is 0 Å². The molecule has 16 heteroatoms.